The Bertz CT molecular complexity index is 1170. The second-order valence-corrected chi connectivity index (χ2v) is 8.37. The van der Waals surface area contributed by atoms with Gasteiger partial charge in [0.1, 0.15) is 0 Å². The van der Waals surface area contributed by atoms with Gasteiger partial charge in [-0.3, -0.25) is 9.59 Å². The predicted octanol–water partition coefficient (Wildman–Crippen LogP) is 4.08. The molecule has 2 aromatic carbocycles. The summed E-state index contributed by atoms with van der Waals surface area (Å²) in [6.45, 7) is 0. The van der Waals surface area contributed by atoms with Gasteiger partial charge < -0.3 is 15.5 Å². The van der Waals surface area contributed by atoms with Crippen molar-refractivity contribution in [3.63, 3.8) is 0 Å². The Morgan fingerprint density at radius 1 is 1.06 bits per heavy atom. The number of nitrogens with zero attached hydrogens (tertiary/aromatic N) is 3. The highest BCUT2D eigenvalue weighted by molar-refractivity contribution is 6.01. The zero-order valence-electron chi connectivity index (χ0n) is 18.0. The van der Waals surface area contributed by atoms with Crippen molar-refractivity contribution in [3.05, 3.63) is 65.9 Å². The van der Waals surface area contributed by atoms with Gasteiger partial charge >= 0.3 is 0 Å². The smallest absolute Gasteiger partial charge is 0.251 e. The molecule has 0 spiro atoms. The maximum atomic E-state index is 12.5. The highest BCUT2D eigenvalue weighted by Crippen LogP contribution is 2.35. The van der Waals surface area contributed by atoms with E-state index in [9.17, 15) is 9.59 Å². The number of hydrogen-bond acceptors (Lipinski definition) is 5. The summed E-state index contributed by atoms with van der Waals surface area (Å²) in [6.07, 6.45) is 6.46. The van der Waals surface area contributed by atoms with Crippen molar-refractivity contribution in [2.45, 2.75) is 38.1 Å². The first-order valence-electron chi connectivity index (χ1n) is 11.0. The summed E-state index contributed by atoms with van der Waals surface area (Å²) in [5, 5.41) is 6.32. The Labute approximate surface area is 186 Å². The summed E-state index contributed by atoms with van der Waals surface area (Å²) in [4.78, 5) is 35.8. The van der Waals surface area contributed by atoms with Crippen LogP contribution >= 0.6 is 0 Å². The minimum atomic E-state index is -0.0323. The molecule has 0 unspecified atom stereocenters. The number of para-hydroxylation sites is 1. The van der Waals surface area contributed by atoms with Crippen LogP contribution in [-0.2, 0) is 11.2 Å². The molecule has 7 heteroatoms. The molecule has 2 heterocycles. The molecule has 1 aliphatic heterocycles. The van der Waals surface area contributed by atoms with Crippen LogP contribution in [0.15, 0.2) is 54.7 Å². The number of anilines is 3. The van der Waals surface area contributed by atoms with E-state index >= 15 is 0 Å². The molecule has 0 atom stereocenters. The Kier molecular flexibility index (Phi) is 5.31. The molecule has 1 fully saturated rings. The summed E-state index contributed by atoms with van der Waals surface area (Å²) >= 11 is 0. The molecule has 32 heavy (non-hydrogen) atoms. The van der Waals surface area contributed by atoms with Gasteiger partial charge in [0.25, 0.3) is 5.91 Å². The first-order chi connectivity index (χ1) is 15.6. The van der Waals surface area contributed by atoms with Crippen molar-refractivity contribution in [1.82, 2.24) is 15.3 Å². The molecule has 7 nitrogen and oxygen atoms in total. The van der Waals surface area contributed by atoms with E-state index in [1.54, 1.807) is 30.3 Å². The first kappa shape index (κ1) is 20.2. The summed E-state index contributed by atoms with van der Waals surface area (Å²) < 4.78 is 0. The summed E-state index contributed by atoms with van der Waals surface area (Å²) in [7, 11) is 1.78. The van der Waals surface area contributed by atoms with Gasteiger partial charge in [0.05, 0.1) is 17.8 Å². The number of amides is 2. The van der Waals surface area contributed by atoms with Gasteiger partial charge in [-0.1, -0.05) is 31.0 Å². The summed E-state index contributed by atoms with van der Waals surface area (Å²) in [5.74, 6) is 0.417. The lowest BCUT2D eigenvalue weighted by atomic mass is 10.1. The number of carbonyl (C=O) groups excluding carboxylic acids is 2. The second kappa shape index (κ2) is 8.42. The maximum absolute atomic E-state index is 12.5. The molecule has 2 N–H and O–H groups in total. The van der Waals surface area contributed by atoms with E-state index in [0.29, 0.717) is 17.6 Å². The number of rotatable bonds is 4. The molecule has 2 aliphatic rings. The van der Waals surface area contributed by atoms with E-state index in [1.807, 2.05) is 36.4 Å². The fourth-order valence-electron chi connectivity index (χ4n) is 4.38. The first-order valence-corrected chi connectivity index (χ1v) is 11.0. The van der Waals surface area contributed by atoms with Crippen molar-refractivity contribution >= 4 is 29.1 Å². The average molecular weight is 428 g/mol. The highest BCUT2D eigenvalue weighted by atomic mass is 16.2. The number of nitrogens with one attached hydrogen (secondary N) is 2. The maximum Gasteiger partial charge on any atom is 0.251 e. The molecule has 162 valence electrons. The minimum absolute atomic E-state index is 0.00646. The van der Waals surface area contributed by atoms with Crippen molar-refractivity contribution < 1.29 is 9.59 Å². The largest absolute Gasteiger partial charge is 0.349 e. The number of benzene rings is 2. The van der Waals surface area contributed by atoms with Crippen LogP contribution in [0.25, 0.3) is 11.3 Å². The minimum Gasteiger partial charge on any atom is -0.349 e. The van der Waals surface area contributed by atoms with Crippen LogP contribution in [0.3, 0.4) is 0 Å². The predicted molar refractivity (Wildman–Crippen MR) is 124 cm³/mol. The molecule has 3 aromatic rings. The third-order valence-corrected chi connectivity index (χ3v) is 6.19. The number of aromatic nitrogens is 2. The molecular formula is C25H25N5O2. The molecule has 1 aliphatic carbocycles. The molecular weight excluding hydrogens is 402 g/mol. The van der Waals surface area contributed by atoms with Crippen LogP contribution in [0.2, 0.25) is 0 Å². The van der Waals surface area contributed by atoms with Crippen molar-refractivity contribution in [2.75, 3.05) is 17.3 Å². The molecule has 1 saturated carbocycles. The summed E-state index contributed by atoms with van der Waals surface area (Å²) in [6, 6.07) is 15.4. The fraction of sp³-hybridized carbons (Fsp3) is 0.280. The lowest BCUT2D eigenvalue weighted by Crippen LogP contribution is -2.32. The van der Waals surface area contributed by atoms with Crippen LogP contribution in [-0.4, -0.2) is 34.9 Å². The third kappa shape index (κ3) is 3.93. The van der Waals surface area contributed by atoms with Crippen LogP contribution in [0.4, 0.5) is 17.3 Å². The van der Waals surface area contributed by atoms with Crippen LogP contribution in [0.5, 0.6) is 0 Å². The summed E-state index contributed by atoms with van der Waals surface area (Å²) in [5.41, 5.74) is 4.72. The van der Waals surface area contributed by atoms with Gasteiger partial charge in [-0.25, -0.2) is 9.97 Å². The van der Waals surface area contributed by atoms with E-state index in [-0.39, 0.29) is 18.2 Å². The van der Waals surface area contributed by atoms with Crippen LogP contribution in [0, 0.1) is 0 Å². The highest BCUT2D eigenvalue weighted by Gasteiger charge is 2.24. The zero-order chi connectivity index (χ0) is 22.1. The molecule has 5 rings (SSSR count). The Morgan fingerprint density at radius 3 is 2.59 bits per heavy atom. The van der Waals surface area contributed by atoms with Gasteiger partial charge in [0.15, 0.2) is 0 Å². The van der Waals surface area contributed by atoms with Gasteiger partial charge in [0, 0.05) is 41.7 Å². The van der Waals surface area contributed by atoms with Crippen molar-refractivity contribution in [2.24, 2.45) is 0 Å². The SMILES string of the molecule is CN1C(=O)Cc2cnc(Nc3ccc(C(=O)NC4CCCC4)cc3)nc2-c2ccccc21. The van der Waals surface area contributed by atoms with Gasteiger partial charge in [-0.05, 0) is 43.2 Å². The number of likely N-dealkylation sites (N-methyl/N-ethyl adjacent to an activating group) is 1. The normalized spacial score (nSPS) is 15.7. The number of hydrogen-bond donors (Lipinski definition) is 2. The monoisotopic (exact) mass is 427 g/mol. The van der Waals surface area contributed by atoms with E-state index in [1.165, 1.54) is 12.8 Å². The third-order valence-electron chi connectivity index (χ3n) is 6.19. The van der Waals surface area contributed by atoms with Gasteiger partial charge in [0.2, 0.25) is 11.9 Å². The Morgan fingerprint density at radius 2 is 1.81 bits per heavy atom. The Balaban J connectivity index is 1.37. The average Bonchev–Trinajstić information content (AvgIpc) is 3.29. The Hall–Kier alpha value is -3.74. The molecule has 2 amide bonds. The van der Waals surface area contributed by atoms with Crippen LogP contribution < -0.4 is 15.5 Å². The lowest BCUT2D eigenvalue weighted by molar-refractivity contribution is -0.117. The standard InChI is InChI=1S/C25H25N5O2/c1-30-21-9-5-4-8-20(21)23-17(14-22(30)31)15-26-25(29-23)28-19-12-10-16(11-13-19)24(32)27-18-6-2-3-7-18/h4-5,8-13,15,18H,2-3,6-7,14H2,1H3,(H,27,32)(H,26,28,29). The van der Waals surface area contributed by atoms with E-state index < -0.39 is 0 Å². The lowest BCUT2D eigenvalue weighted by Gasteiger charge is -2.16. The molecule has 0 saturated heterocycles. The fourth-order valence-corrected chi connectivity index (χ4v) is 4.38. The van der Waals surface area contributed by atoms with Crippen LogP contribution in [0.1, 0.15) is 41.6 Å². The van der Waals surface area contributed by atoms with Gasteiger partial charge in [-0.15, -0.1) is 0 Å². The number of carbonyl (C=O) groups is 2. The zero-order valence-corrected chi connectivity index (χ0v) is 18.0. The van der Waals surface area contributed by atoms with E-state index in [2.05, 4.69) is 15.6 Å². The van der Waals surface area contributed by atoms with Gasteiger partial charge in [-0.2, -0.15) is 0 Å². The topological polar surface area (TPSA) is 87.2 Å². The molecule has 0 bridgehead atoms. The van der Waals surface area contributed by atoms with E-state index in [0.717, 1.165) is 41.0 Å². The molecule has 0 radical (unpaired) electrons. The number of fused-ring (bicyclic) bond motifs is 3. The second-order valence-electron chi connectivity index (χ2n) is 8.37. The van der Waals surface area contributed by atoms with Crippen molar-refractivity contribution in [1.29, 1.82) is 0 Å². The van der Waals surface area contributed by atoms with E-state index in [4.69, 9.17) is 4.98 Å². The van der Waals surface area contributed by atoms with Crippen molar-refractivity contribution in [3.8, 4) is 11.3 Å². The molecule has 1 aromatic heterocycles. The quantitative estimate of drug-likeness (QED) is 0.655.